The van der Waals surface area contributed by atoms with Gasteiger partial charge in [0, 0.05) is 44.4 Å². The van der Waals surface area contributed by atoms with E-state index in [1.807, 2.05) is 37.5 Å². The lowest BCUT2D eigenvalue weighted by atomic mass is 10.1. The zero-order valence-electron chi connectivity index (χ0n) is 11.5. The first kappa shape index (κ1) is 13.6. The van der Waals surface area contributed by atoms with Crippen molar-refractivity contribution in [2.75, 3.05) is 27.3 Å². The van der Waals surface area contributed by atoms with Gasteiger partial charge in [0.15, 0.2) is 0 Å². The topological polar surface area (TPSA) is 45.3 Å². The van der Waals surface area contributed by atoms with Crippen molar-refractivity contribution in [1.29, 1.82) is 0 Å². The lowest BCUT2D eigenvalue weighted by molar-refractivity contribution is -0.129. The number of nitrogens with zero attached hydrogens (tertiary/aromatic N) is 1. The van der Waals surface area contributed by atoms with Crippen molar-refractivity contribution < 1.29 is 9.53 Å². The van der Waals surface area contributed by atoms with Gasteiger partial charge < -0.3 is 14.6 Å². The number of likely N-dealkylation sites (N-methyl/N-ethyl adjacent to an activating group) is 1. The number of amides is 1. The Labute approximate surface area is 113 Å². The van der Waals surface area contributed by atoms with Gasteiger partial charge in [-0.25, -0.2) is 0 Å². The van der Waals surface area contributed by atoms with Crippen LogP contribution in [0.5, 0.6) is 0 Å². The molecule has 102 valence electrons. The highest BCUT2D eigenvalue weighted by atomic mass is 16.5. The normalized spacial score (nSPS) is 10.8. The average molecular weight is 260 g/mol. The van der Waals surface area contributed by atoms with E-state index in [2.05, 4.69) is 4.98 Å². The van der Waals surface area contributed by atoms with Crippen LogP contribution in [0.3, 0.4) is 0 Å². The molecule has 2 aromatic rings. The van der Waals surface area contributed by atoms with E-state index in [1.54, 1.807) is 12.0 Å². The summed E-state index contributed by atoms with van der Waals surface area (Å²) >= 11 is 0. The maximum Gasteiger partial charge on any atom is 0.226 e. The molecule has 0 aliphatic heterocycles. The second-order valence-corrected chi connectivity index (χ2v) is 4.70. The zero-order valence-corrected chi connectivity index (χ0v) is 11.5. The molecule has 0 saturated carbocycles. The lowest BCUT2D eigenvalue weighted by Crippen LogP contribution is -2.29. The Morgan fingerprint density at radius 3 is 2.95 bits per heavy atom. The van der Waals surface area contributed by atoms with Crippen molar-refractivity contribution in [2.45, 2.75) is 12.8 Å². The van der Waals surface area contributed by atoms with Crippen LogP contribution in [0.15, 0.2) is 30.5 Å². The largest absolute Gasteiger partial charge is 0.385 e. The van der Waals surface area contributed by atoms with Gasteiger partial charge in [0.2, 0.25) is 5.91 Å². The molecular formula is C15H20N2O2. The van der Waals surface area contributed by atoms with Gasteiger partial charge in [0.25, 0.3) is 0 Å². The lowest BCUT2D eigenvalue weighted by Gasteiger charge is -2.16. The van der Waals surface area contributed by atoms with E-state index in [-0.39, 0.29) is 5.91 Å². The Kier molecular flexibility index (Phi) is 4.58. The van der Waals surface area contributed by atoms with Gasteiger partial charge in [0.1, 0.15) is 0 Å². The Hall–Kier alpha value is -1.81. The summed E-state index contributed by atoms with van der Waals surface area (Å²) in [6, 6.07) is 8.04. The minimum absolute atomic E-state index is 0.140. The quantitative estimate of drug-likeness (QED) is 0.809. The predicted molar refractivity (Wildman–Crippen MR) is 76.1 cm³/mol. The molecule has 0 unspecified atom stereocenters. The highest BCUT2D eigenvalue weighted by Gasteiger charge is 2.12. The zero-order chi connectivity index (χ0) is 13.7. The number of hydrogen-bond acceptors (Lipinski definition) is 2. The van der Waals surface area contributed by atoms with Crippen LogP contribution < -0.4 is 0 Å². The molecule has 0 aliphatic rings. The number of hydrogen-bond donors (Lipinski definition) is 1. The number of methoxy groups -OCH3 is 1. The number of rotatable bonds is 6. The SMILES string of the molecule is COCCCN(C)C(=O)Cc1c[nH]c2ccccc12. The Morgan fingerprint density at radius 1 is 1.37 bits per heavy atom. The molecule has 1 heterocycles. The third kappa shape index (κ3) is 3.35. The van der Waals surface area contributed by atoms with Crippen molar-refractivity contribution in [3.05, 3.63) is 36.0 Å². The van der Waals surface area contributed by atoms with Crippen LogP contribution in [0.1, 0.15) is 12.0 Å². The van der Waals surface area contributed by atoms with Crippen molar-refractivity contribution in [3.8, 4) is 0 Å². The molecule has 1 aromatic heterocycles. The van der Waals surface area contributed by atoms with Crippen molar-refractivity contribution in [3.63, 3.8) is 0 Å². The number of carbonyl (C=O) groups is 1. The summed E-state index contributed by atoms with van der Waals surface area (Å²) < 4.78 is 4.99. The maximum atomic E-state index is 12.1. The van der Waals surface area contributed by atoms with Gasteiger partial charge in [-0.3, -0.25) is 4.79 Å². The van der Waals surface area contributed by atoms with E-state index in [4.69, 9.17) is 4.74 Å². The number of carbonyl (C=O) groups excluding carboxylic acids is 1. The number of benzene rings is 1. The number of ether oxygens (including phenoxy) is 1. The molecule has 0 saturated heterocycles. The van der Waals surface area contributed by atoms with E-state index in [0.717, 1.165) is 29.4 Å². The van der Waals surface area contributed by atoms with E-state index < -0.39 is 0 Å². The fourth-order valence-corrected chi connectivity index (χ4v) is 2.15. The van der Waals surface area contributed by atoms with E-state index >= 15 is 0 Å². The van der Waals surface area contributed by atoms with Gasteiger partial charge in [-0.15, -0.1) is 0 Å². The number of aromatic amines is 1. The van der Waals surface area contributed by atoms with Crippen LogP contribution in [0.25, 0.3) is 10.9 Å². The summed E-state index contributed by atoms with van der Waals surface area (Å²) in [4.78, 5) is 17.1. The van der Waals surface area contributed by atoms with Crippen LogP contribution in [0.2, 0.25) is 0 Å². The molecule has 1 aromatic carbocycles. The molecular weight excluding hydrogens is 240 g/mol. The van der Waals surface area contributed by atoms with Crippen molar-refractivity contribution >= 4 is 16.8 Å². The highest BCUT2D eigenvalue weighted by molar-refractivity contribution is 5.88. The van der Waals surface area contributed by atoms with Crippen LogP contribution in [-0.2, 0) is 16.0 Å². The van der Waals surface area contributed by atoms with Crippen LogP contribution >= 0.6 is 0 Å². The van der Waals surface area contributed by atoms with Gasteiger partial charge in [-0.1, -0.05) is 18.2 Å². The number of aromatic nitrogens is 1. The Balaban J connectivity index is 1.98. The van der Waals surface area contributed by atoms with Gasteiger partial charge in [-0.05, 0) is 18.1 Å². The monoisotopic (exact) mass is 260 g/mol. The average Bonchev–Trinajstić information content (AvgIpc) is 2.82. The summed E-state index contributed by atoms with van der Waals surface area (Å²) in [6.07, 6.45) is 3.23. The molecule has 0 atom stereocenters. The second kappa shape index (κ2) is 6.38. The van der Waals surface area contributed by atoms with Crippen molar-refractivity contribution in [2.24, 2.45) is 0 Å². The molecule has 1 amide bonds. The molecule has 0 fully saturated rings. The van der Waals surface area contributed by atoms with E-state index in [9.17, 15) is 4.79 Å². The minimum Gasteiger partial charge on any atom is -0.385 e. The molecule has 0 spiro atoms. The molecule has 0 radical (unpaired) electrons. The number of nitrogens with one attached hydrogen (secondary N) is 1. The van der Waals surface area contributed by atoms with Gasteiger partial charge in [0.05, 0.1) is 6.42 Å². The number of H-pyrrole nitrogens is 1. The fourth-order valence-electron chi connectivity index (χ4n) is 2.15. The van der Waals surface area contributed by atoms with Crippen molar-refractivity contribution in [1.82, 2.24) is 9.88 Å². The molecule has 1 N–H and O–H groups in total. The molecule has 0 aliphatic carbocycles. The maximum absolute atomic E-state index is 12.1. The molecule has 2 rings (SSSR count). The number of fused-ring (bicyclic) bond motifs is 1. The first-order valence-electron chi connectivity index (χ1n) is 6.50. The first-order valence-corrected chi connectivity index (χ1v) is 6.50. The van der Waals surface area contributed by atoms with Gasteiger partial charge >= 0.3 is 0 Å². The van der Waals surface area contributed by atoms with Crippen LogP contribution in [0, 0.1) is 0 Å². The molecule has 19 heavy (non-hydrogen) atoms. The Bertz CT molecular complexity index is 548. The molecule has 4 nitrogen and oxygen atoms in total. The third-order valence-electron chi connectivity index (χ3n) is 3.28. The summed E-state index contributed by atoms with van der Waals surface area (Å²) in [5.74, 6) is 0.140. The predicted octanol–water partition coefficient (Wildman–Crippen LogP) is 2.21. The smallest absolute Gasteiger partial charge is 0.226 e. The fraction of sp³-hybridized carbons (Fsp3) is 0.400. The summed E-state index contributed by atoms with van der Waals surface area (Å²) in [5.41, 5.74) is 2.13. The van der Waals surface area contributed by atoms with Crippen LogP contribution in [0.4, 0.5) is 0 Å². The third-order valence-corrected chi connectivity index (χ3v) is 3.28. The highest BCUT2D eigenvalue weighted by Crippen LogP contribution is 2.18. The van der Waals surface area contributed by atoms with Gasteiger partial charge in [-0.2, -0.15) is 0 Å². The Morgan fingerprint density at radius 2 is 2.16 bits per heavy atom. The summed E-state index contributed by atoms with van der Waals surface area (Å²) in [6.45, 7) is 1.42. The molecule has 4 heteroatoms. The minimum atomic E-state index is 0.140. The summed E-state index contributed by atoms with van der Waals surface area (Å²) in [7, 11) is 3.51. The second-order valence-electron chi connectivity index (χ2n) is 4.70. The molecule has 0 bridgehead atoms. The standard InChI is InChI=1S/C15H20N2O2/c1-17(8-5-9-19-2)15(18)10-12-11-16-14-7-4-3-6-13(12)14/h3-4,6-7,11,16H,5,8-10H2,1-2H3. The first-order chi connectivity index (χ1) is 9.22. The van der Waals surface area contributed by atoms with E-state index in [1.165, 1.54) is 0 Å². The number of para-hydroxylation sites is 1. The van der Waals surface area contributed by atoms with Crippen LogP contribution in [-0.4, -0.2) is 43.1 Å². The van der Waals surface area contributed by atoms with E-state index in [0.29, 0.717) is 13.0 Å². The summed E-state index contributed by atoms with van der Waals surface area (Å²) in [5, 5.41) is 1.13.